The molecule has 46 valence electrons. The largest absolute Gasteiger partial charge is 0.247 e. The van der Waals surface area contributed by atoms with Gasteiger partial charge in [0.15, 0.2) is 0 Å². The Morgan fingerprint density at radius 3 is 2.88 bits per heavy atom. The molecule has 1 heterocycles. The second-order valence-electron chi connectivity index (χ2n) is 1.75. The molecule has 0 aromatic heterocycles. The quantitative estimate of drug-likeness (QED) is 0.390. The molecule has 1 aliphatic rings. The summed E-state index contributed by atoms with van der Waals surface area (Å²) in [6.45, 7) is 4.47. The van der Waals surface area contributed by atoms with Crippen molar-refractivity contribution in [2.45, 2.75) is 6.92 Å². The van der Waals surface area contributed by atoms with E-state index in [1.165, 1.54) is 0 Å². The van der Waals surface area contributed by atoms with Crippen molar-refractivity contribution >= 4 is 11.9 Å². The average molecular weight is 129 g/mol. The van der Waals surface area contributed by atoms with E-state index in [1.807, 2.05) is 11.9 Å². The molecular formula is C6H11NS. The molecule has 8 heavy (non-hydrogen) atoms. The Balaban J connectivity index is 2.27. The molecule has 0 unspecified atom stereocenters. The summed E-state index contributed by atoms with van der Waals surface area (Å²) in [5.41, 5.74) is 0. The van der Waals surface area contributed by atoms with Gasteiger partial charge in [0, 0.05) is 18.8 Å². The van der Waals surface area contributed by atoms with E-state index in [0.717, 1.165) is 18.8 Å². The van der Waals surface area contributed by atoms with Crippen molar-refractivity contribution in [1.29, 1.82) is 0 Å². The van der Waals surface area contributed by atoms with E-state index < -0.39 is 0 Å². The van der Waals surface area contributed by atoms with Crippen molar-refractivity contribution in [3.8, 4) is 0 Å². The van der Waals surface area contributed by atoms with Crippen LogP contribution < -0.4 is 0 Å². The van der Waals surface area contributed by atoms with Crippen LogP contribution in [-0.4, -0.2) is 23.1 Å². The van der Waals surface area contributed by atoms with E-state index in [0.29, 0.717) is 0 Å². The molecule has 0 aliphatic carbocycles. The smallest absolute Gasteiger partial charge is 0.0270 e. The van der Waals surface area contributed by atoms with Gasteiger partial charge >= 0.3 is 0 Å². The van der Waals surface area contributed by atoms with Gasteiger partial charge in [-0.15, -0.1) is 0 Å². The lowest BCUT2D eigenvalue weighted by molar-refractivity contribution is 0.547. The van der Waals surface area contributed by atoms with Crippen molar-refractivity contribution in [2.24, 2.45) is 0 Å². The molecule has 0 fully saturated rings. The molecule has 0 amide bonds. The lowest BCUT2D eigenvalue weighted by Gasteiger charge is -2.18. The van der Waals surface area contributed by atoms with Gasteiger partial charge in [-0.2, -0.15) is 0 Å². The van der Waals surface area contributed by atoms with E-state index >= 15 is 0 Å². The van der Waals surface area contributed by atoms with Crippen molar-refractivity contribution in [2.75, 3.05) is 18.8 Å². The zero-order valence-corrected chi connectivity index (χ0v) is 5.95. The number of hydrogen-bond donors (Lipinski definition) is 0. The fourth-order valence-electron chi connectivity index (χ4n) is 0.682. The van der Waals surface area contributed by atoms with Gasteiger partial charge in [0.05, 0.1) is 0 Å². The summed E-state index contributed by atoms with van der Waals surface area (Å²) in [5.74, 6) is 1.16. The molecule has 0 atom stereocenters. The summed E-state index contributed by atoms with van der Waals surface area (Å²) >= 11 is 1.91. The fraction of sp³-hybridized carbons (Fsp3) is 0.667. The zero-order chi connectivity index (χ0) is 5.82. The molecule has 0 aromatic carbocycles. The molecule has 0 radical (unpaired) electrons. The van der Waals surface area contributed by atoms with Crippen LogP contribution in [0.25, 0.3) is 0 Å². The van der Waals surface area contributed by atoms with Gasteiger partial charge < -0.3 is 0 Å². The summed E-state index contributed by atoms with van der Waals surface area (Å²) in [4.78, 5) is 0. The topological polar surface area (TPSA) is 3.24 Å². The van der Waals surface area contributed by atoms with Gasteiger partial charge in [-0.3, -0.25) is 0 Å². The Hall–Kier alpha value is 0.0500. The Morgan fingerprint density at radius 2 is 2.50 bits per heavy atom. The predicted molar refractivity (Wildman–Crippen MR) is 38.8 cm³/mol. The van der Waals surface area contributed by atoms with Crippen LogP contribution in [0.15, 0.2) is 12.2 Å². The van der Waals surface area contributed by atoms with Gasteiger partial charge in [-0.25, -0.2) is 4.31 Å². The monoisotopic (exact) mass is 129 g/mol. The van der Waals surface area contributed by atoms with Crippen LogP contribution in [0.4, 0.5) is 0 Å². The van der Waals surface area contributed by atoms with E-state index in [2.05, 4.69) is 23.4 Å². The first-order valence-electron chi connectivity index (χ1n) is 2.96. The Labute approximate surface area is 54.9 Å². The van der Waals surface area contributed by atoms with E-state index in [4.69, 9.17) is 0 Å². The molecule has 1 rings (SSSR count). The van der Waals surface area contributed by atoms with Crippen LogP contribution >= 0.6 is 11.9 Å². The summed E-state index contributed by atoms with van der Waals surface area (Å²) in [7, 11) is 0. The zero-order valence-electron chi connectivity index (χ0n) is 5.13. The minimum atomic E-state index is 1.13. The van der Waals surface area contributed by atoms with Crippen molar-refractivity contribution in [3.05, 3.63) is 12.2 Å². The van der Waals surface area contributed by atoms with Crippen molar-refractivity contribution in [3.63, 3.8) is 0 Å². The summed E-state index contributed by atoms with van der Waals surface area (Å²) in [6.07, 6.45) is 4.44. The molecule has 0 saturated carbocycles. The van der Waals surface area contributed by atoms with Gasteiger partial charge in [0.1, 0.15) is 0 Å². The number of likely N-dealkylation sites (N-methyl/N-ethyl adjacent to an activating group) is 1. The minimum Gasteiger partial charge on any atom is -0.247 e. The average Bonchev–Trinajstić information content (AvgIpc) is 1.90. The summed E-state index contributed by atoms with van der Waals surface area (Å²) in [5, 5.41) is 0. The van der Waals surface area contributed by atoms with Gasteiger partial charge in [-0.1, -0.05) is 31.0 Å². The first kappa shape index (κ1) is 6.17. The third-order valence-corrected chi connectivity index (χ3v) is 2.30. The number of nitrogens with zero attached hydrogens (tertiary/aromatic N) is 1. The van der Waals surface area contributed by atoms with Crippen LogP contribution in [0, 0.1) is 0 Å². The molecule has 1 nitrogen and oxygen atoms in total. The van der Waals surface area contributed by atoms with Crippen LogP contribution in [0.3, 0.4) is 0 Å². The third-order valence-electron chi connectivity index (χ3n) is 1.18. The normalized spacial score (nSPS) is 21.6. The molecule has 0 saturated heterocycles. The van der Waals surface area contributed by atoms with Crippen molar-refractivity contribution in [1.82, 2.24) is 4.31 Å². The molecule has 0 spiro atoms. The van der Waals surface area contributed by atoms with Crippen molar-refractivity contribution < 1.29 is 0 Å². The van der Waals surface area contributed by atoms with E-state index in [-0.39, 0.29) is 0 Å². The number of rotatable bonds is 1. The van der Waals surface area contributed by atoms with E-state index in [1.54, 1.807) is 0 Å². The van der Waals surface area contributed by atoms with Crippen LogP contribution in [0.1, 0.15) is 6.92 Å². The fourth-order valence-corrected chi connectivity index (χ4v) is 1.49. The molecular weight excluding hydrogens is 118 g/mol. The molecule has 1 aliphatic heterocycles. The first-order chi connectivity index (χ1) is 3.93. The number of hydrogen-bond acceptors (Lipinski definition) is 2. The minimum absolute atomic E-state index is 1.13. The van der Waals surface area contributed by atoms with Gasteiger partial charge in [0.2, 0.25) is 0 Å². The Bertz CT molecular complexity index is 90.5. The maximum Gasteiger partial charge on any atom is 0.0270 e. The third kappa shape index (κ3) is 1.53. The summed E-state index contributed by atoms with van der Waals surface area (Å²) in [6, 6.07) is 0. The lowest BCUT2D eigenvalue weighted by atomic mass is 10.5. The SMILES string of the molecule is CCN1CC=CCS1. The van der Waals surface area contributed by atoms with Crippen LogP contribution in [0.5, 0.6) is 0 Å². The standard InChI is InChI=1S/C6H11NS/c1-2-7-5-3-4-6-8-7/h3-4H,2,5-6H2,1H3. The Kier molecular flexibility index (Phi) is 2.43. The van der Waals surface area contributed by atoms with Gasteiger partial charge in [0.25, 0.3) is 0 Å². The predicted octanol–water partition coefficient (Wildman–Crippen LogP) is 1.53. The van der Waals surface area contributed by atoms with E-state index in [9.17, 15) is 0 Å². The summed E-state index contributed by atoms with van der Waals surface area (Å²) < 4.78 is 2.35. The highest BCUT2D eigenvalue weighted by atomic mass is 32.2. The molecule has 0 aromatic rings. The molecule has 0 N–H and O–H groups in total. The Morgan fingerprint density at radius 1 is 1.62 bits per heavy atom. The highest BCUT2D eigenvalue weighted by molar-refractivity contribution is 7.97. The maximum absolute atomic E-state index is 2.35. The highest BCUT2D eigenvalue weighted by Crippen LogP contribution is 2.12. The highest BCUT2D eigenvalue weighted by Gasteiger charge is 2.01. The molecule has 0 bridgehead atoms. The molecule has 2 heteroatoms. The van der Waals surface area contributed by atoms with Crippen LogP contribution in [-0.2, 0) is 0 Å². The second kappa shape index (κ2) is 3.15. The first-order valence-corrected chi connectivity index (χ1v) is 3.90. The lowest BCUT2D eigenvalue weighted by Crippen LogP contribution is -2.17. The van der Waals surface area contributed by atoms with Crippen LogP contribution in [0.2, 0.25) is 0 Å². The van der Waals surface area contributed by atoms with Gasteiger partial charge in [-0.05, 0) is 0 Å². The maximum atomic E-state index is 2.35. The second-order valence-corrected chi connectivity index (χ2v) is 2.86.